The van der Waals surface area contributed by atoms with Gasteiger partial charge >= 0.3 is 6.18 Å². The van der Waals surface area contributed by atoms with Crippen LogP contribution in [0.2, 0.25) is 0 Å². The Labute approximate surface area is 93.8 Å². The van der Waals surface area contributed by atoms with Gasteiger partial charge in [-0.1, -0.05) is 38.1 Å². The van der Waals surface area contributed by atoms with Crippen molar-refractivity contribution in [2.24, 2.45) is 0 Å². The maximum atomic E-state index is 13.0. The largest absolute Gasteiger partial charge is 0.416 e. The first-order chi connectivity index (χ1) is 7.41. The number of allylic oxidation sites excluding steroid dienone is 1. The quantitative estimate of drug-likeness (QED) is 0.665. The van der Waals surface area contributed by atoms with Crippen molar-refractivity contribution in [3.8, 4) is 0 Å². The average Bonchev–Trinajstić information content (AvgIpc) is 2.25. The van der Waals surface area contributed by atoms with Crippen molar-refractivity contribution < 1.29 is 13.2 Å². The van der Waals surface area contributed by atoms with Crippen LogP contribution in [0.5, 0.6) is 0 Å². The van der Waals surface area contributed by atoms with E-state index in [4.69, 9.17) is 0 Å². The summed E-state index contributed by atoms with van der Waals surface area (Å²) < 4.78 is 38.9. The lowest BCUT2D eigenvalue weighted by Gasteiger charge is -2.19. The van der Waals surface area contributed by atoms with Gasteiger partial charge in [0.1, 0.15) is 0 Å². The molecule has 0 N–H and O–H groups in total. The molecule has 1 aromatic carbocycles. The number of halogens is 3. The van der Waals surface area contributed by atoms with Crippen molar-refractivity contribution in [3.05, 3.63) is 47.5 Å². The molecular formula is C13H15F3. The van der Waals surface area contributed by atoms with E-state index in [0.29, 0.717) is 17.5 Å². The summed E-state index contributed by atoms with van der Waals surface area (Å²) in [7, 11) is 0. The van der Waals surface area contributed by atoms with Gasteiger partial charge in [0.15, 0.2) is 0 Å². The van der Waals surface area contributed by atoms with E-state index in [2.05, 4.69) is 6.58 Å². The Morgan fingerprint density at radius 1 is 1.38 bits per heavy atom. The molecule has 1 rings (SSSR count). The third-order valence-electron chi connectivity index (χ3n) is 2.69. The SMILES string of the molecule is C=CC(C)c1cccc(CC)c1C(F)(F)F. The molecule has 1 unspecified atom stereocenters. The van der Waals surface area contributed by atoms with Crippen molar-refractivity contribution in [2.75, 3.05) is 0 Å². The van der Waals surface area contributed by atoms with Crippen molar-refractivity contribution in [3.63, 3.8) is 0 Å². The second-order valence-corrected chi connectivity index (χ2v) is 3.76. The van der Waals surface area contributed by atoms with Gasteiger partial charge in [-0.3, -0.25) is 0 Å². The standard InChI is InChI=1S/C13H15F3/c1-4-9(3)11-8-6-7-10(5-2)12(11)13(14,15)16/h4,6-9H,1,5H2,2-3H3. The van der Waals surface area contributed by atoms with Crippen LogP contribution in [0.15, 0.2) is 30.9 Å². The number of alkyl halides is 3. The molecule has 0 aromatic heterocycles. The Morgan fingerprint density at radius 3 is 2.44 bits per heavy atom. The van der Waals surface area contributed by atoms with Gasteiger partial charge in [-0.05, 0) is 23.5 Å². The minimum absolute atomic E-state index is 0.289. The van der Waals surface area contributed by atoms with Gasteiger partial charge in [-0.2, -0.15) is 13.2 Å². The Morgan fingerprint density at radius 2 is 2.00 bits per heavy atom. The van der Waals surface area contributed by atoms with E-state index >= 15 is 0 Å². The molecule has 0 bridgehead atoms. The molecule has 0 saturated carbocycles. The molecule has 0 amide bonds. The van der Waals surface area contributed by atoms with Crippen molar-refractivity contribution in [1.82, 2.24) is 0 Å². The summed E-state index contributed by atoms with van der Waals surface area (Å²) >= 11 is 0. The Bertz CT molecular complexity index is 377. The highest BCUT2D eigenvalue weighted by molar-refractivity contribution is 5.40. The van der Waals surface area contributed by atoms with E-state index < -0.39 is 11.7 Å². The lowest BCUT2D eigenvalue weighted by molar-refractivity contribution is -0.138. The van der Waals surface area contributed by atoms with Crippen LogP contribution in [0.1, 0.15) is 36.5 Å². The normalized spacial score (nSPS) is 13.6. The van der Waals surface area contributed by atoms with Crippen LogP contribution in [0.25, 0.3) is 0 Å². The van der Waals surface area contributed by atoms with E-state index in [1.54, 1.807) is 19.9 Å². The third kappa shape index (κ3) is 2.46. The van der Waals surface area contributed by atoms with Crippen molar-refractivity contribution in [2.45, 2.75) is 32.4 Å². The average molecular weight is 228 g/mol. The first-order valence-corrected chi connectivity index (χ1v) is 5.23. The minimum Gasteiger partial charge on any atom is -0.166 e. The summed E-state index contributed by atoms with van der Waals surface area (Å²) in [4.78, 5) is 0. The van der Waals surface area contributed by atoms with Crippen molar-refractivity contribution in [1.29, 1.82) is 0 Å². The van der Waals surface area contributed by atoms with E-state index in [1.165, 1.54) is 18.2 Å². The molecule has 88 valence electrons. The fourth-order valence-corrected chi connectivity index (χ4v) is 1.77. The summed E-state index contributed by atoms with van der Waals surface area (Å²) in [5, 5.41) is 0. The van der Waals surface area contributed by atoms with E-state index in [1.807, 2.05) is 0 Å². The zero-order chi connectivity index (χ0) is 12.3. The molecular weight excluding hydrogens is 213 g/mol. The topological polar surface area (TPSA) is 0 Å². The van der Waals surface area contributed by atoms with Gasteiger partial charge in [0.05, 0.1) is 5.56 Å². The van der Waals surface area contributed by atoms with Gasteiger partial charge < -0.3 is 0 Å². The third-order valence-corrected chi connectivity index (χ3v) is 2.69. The summed E-state index contributed by atoms with van der Waals surface area (Å²) in [5.41, 5.74) is 0.158. The second kappa shape index (κ2) is 4.73. The fourth-order valence-electron chi connectivity index (χ4n) is 1.77. The summed E-state index contributed by atoms with van der Waals surface area (Å²) in [6.07, 6.45) is -2.38. The molecule has 0 spiro atoms. The van der Waals surface area contributed by atoms with Gasteiger partial charge in [-0.15, -0.1) is 6.58 Å². The van der Waals surface area contributed by atoms with E-state index in [-0.39, 0.29) is 5.92 Å². The first kappa shape index (κ1) is 12.8. The molecule has 1 aromatic rings. The Balaban J connectivity index is 3.43. The fraction of sp³-hybridized carbons (Fsp3) is 0.385. The molecule has 0 aliphatic carbocycles. The van der Waals surface area contributed by atoms with Crippen LogP contribution < -0.4 is 0 Å². The van der Waals surface area contributed by atoms with Crippen LogP contribution in [-0.2, 0) is 12.6 Å². The number of aryl methyl sites for hydroxylation is 1. The summed E-state index contributed by atoms with van der Waals surface area (Å²) in [6, 6.07) is 4.72. The van der Waals surface area contributed by atoms with Crippen LogP contribution >= 0.6 is 0 Å². The van der Waals surface area contributed by atoms with Crippen LogP contribution in [0.4, 0.5) is 13.2 Å². The predicted molar refractivity (Wildman–Crippen MR) is 59.4 cm³/mol. The molecule has 0 aliphatic rings. The highest BCUT2D eigenvalue weighted by Crippen LogP contribution is 2.38. The second-order valence-electron chi connectivity index (χ2n) is 3.76. The number of rotatable bonds is 3. The highest BCUT2D eigenvalue weighted by Gasteiger charge is 2.36. The summed E-state index contributed by atoms with van der Waals surface area (Å²) in [5.74, 6) is -0.289. The molecule has 0 saturated heterocycles. The van der Waals surface area contributed by atoms with Gasteiger partial charge in [0.25, 0.3) is 0 Å². The minimum atomic E-state index is -4.29. The Kier molecular flexibility index (Phi) is 3.79. The molecule has 0 aliphatic heterocycles. The van der Waals surface area contributed by atoms with Crippen molar-refractivity contribution >= 4 is 0 Å². The molecule has 0 radical (unpaired) electrons. The molecule has 0 heterocycles. The van der Waals surface area contributed by atoms with Crippen LogP contribution in [0.3, 0.4) is 0 Å². The van der Waals surface area contributed by atoms with Gasteiger partial charge in [0, 0.05) is 0 Å². The van der Waals surface area contributed by atoms with Gasteiger partial charge in [0.2, 0.25) is 0 Å². The number of benzene rings is 1. The smallest absolute Gasteiger partial charge is 0.166 e. The molecule has 0 fully saturated rings. The predicted octanol–water partition coefficient (Wildman–Crippen LogP) is 4.56. The van der Waals surface area contributed by atoms with Crippen LogP contribution in [0, 0.1) is 0 Å². The van der Waals surface area contributed by atoms with E-state index in [9.17, 15) is 13.2 Å². The molecule has 1 atom stereocenters. The van der Waals surface area contributed by atoms with Crippen LogP contribution in [-0.4, -0.2) is 0 Å². The molecule has 16 heavy (non-hydrogen) atoms. The Hall–Kier alpha value is -1.25. The first-order valence-electron chi connectivity index (χ1n) is 5.23. The van der Waals surface area contributed by atoms with Gasteiger partial charge in [-0.25, -0.2) is 0 Å². The lowest BCUT2D eigenvalue weighted by Crippen LogP contribution is -2.13. The lowest BCUT2D eigenvalue weighted by atomic mass is 9.91. The number of hydrogen-bond donors (Lipinski definition) is 0. The maximum absolute atomic E-state index is 13.0. The highest BCUT2D eigenvalue weighted by atomic mass is 19.4. The number of hydrogen-bond acceptors (Lipinski definition) is 0. The van der Waals surface area contributed by atoms with E-state index in [0.717, 1.165) is 0 Å². The zero-order valence-electron chi connectivity index (χ0n) is 9.43. The monoisotopic (exact) mass is 228 g/mol. The zero-order valence-corrected chi connectivity index (χ0v) is 9.43. The summed E-state index contributed by atoms with van der Waals surface area (Å²) in [6.45, 7) is 7.00. The molecule has 0 nitrogen and oxygen atoms in total. The maximum Gasteiger partial charge on any atom is 0.416 e. The molecule has 3 heteroatoms.